The van der Waals surface area contributed by atoms with E-state index in [1.807, 2.05) is 4.90 Å². The summed E-state index contributed by atoms with van der Waals surface area (Å²) in [7, 11) is 0. The number of hydrogen-bond donors (Lipinski definition) is 0. The van der Waals surface area contributed by atoms with Gasteiger partial charge in [-0.1, -0.05) is 40.5 Å². The SMILES string of the molecule is CC(C)C1C[CH-]N(C(=O)C2CCC(C(C)(C)C)CC2)[CH-]C1.[Rb+].[Rb+].[Rb+].[Rb+]. The van der Waals surface area contributed by atoms with Crippen LogP contribution in [0.2, 0.25) is 0 Å². The number of nitrogens with zero attached hydrogens (tertiary/aromatic N) is 1. The molecule has 1 heterocycles. The molecule has 2 fully saturated rings. The number of carbonyl (C=O) groups excluding carboxylic acids is 1. The van der Waals surface area contributed by atoms with Crippen LogP contribution in [0.25, 0.3) is 0 Å². The molecule has 0 unspecified atom stereocenters. The van der Waals surface area contributed by atoms with Gasteiger partial charge in [0, 0.05) is 5.92 Å². The fourth-order valence-corrected chi connectivity index (χ4v) is 3.81. The standard InChI is InChI=1S/C19H33NO.4Rb/c1-14(2)15-10-12-20(13-11-15)18(21)16-6-8-17(9-7-16)19(3,4)5;;;;/h12-17H,6-11H2,1-5H3;;;;/q-2;4*+1. The topological polar surface area (TPSA) is 20.3 Å². The molecular formula is C19H33NORb4+2. The van der Waals surface area contributed by atoms with Gasteiger partial charge in [0.05, 0.1) is 0 Å². The fourth-order valence-electron chi connectivity index (χ4n) is 3.81. The predicted octanol–water partition coefficient (Wildman–Crippen LogP) is -6.93. The van der Waals surface area contributed by atoms with Gasteiger partial charge < -0.3 is 4.90 Å². The van der Waals surface area contributed by atoms with Crippen LogP contribution in [0.1, 0.15) is 73.1 Å². The van der Waals surface area contributed by atoms with Crippen LogP contribution in [0.5, 0.6) is 0 Å². The van der Waals surface area contributed by atoms with E-state index >= 15 is 0 Å². The van der Waals surface area contributed by atoms with E-state index in [1.54, 1.807) is 0 Å². The van der Waals surface area contributed by atoms with Gasteiger partial charge in [0.2, 0.25) is 0 Å². The van der Waals surface area contributed by atoms with Crippen molar-refractivity contribution >= 4 is 5.91 Å². The van der Waals surface area contributed by atoms with Gasteiger partial charge in [0.15, 0.2) is 5.91 Å². The average molecular weight is 633 g/mol. The molecule has 2 nitrogen and oxygen atoms in total. The maximum atomic E-state index is 12.6. The van der Waals surface area contributed by atoms with Crippen LogP contribution >= 0.6 is 0 Å². The Balaban J connectivity index is -0.00000121. The molecule has 6 heteroatoms. The van der Waals surface area contributed by atoms with Crippen LogP contribution in [0.4, 0.5) is 0 Å². The molecule has 1 saturated carbocycles. The summed E-state index contributed by atoms with van der Waals surface area (Å²) in [5.41, 5.74) is 0.391. The Morgan fingerprint density at radius 3 is 1.72 bits per heavy atom. The smallest absolute Gasteiger partial charge is 0.636 e. The minimum atomic E-state index is 0. The molecule has 25 heavy (non-hydrogen) atoms. The second-order valence-electron chi connectivity index (χ2n) is 8.50. The number of likely N-dealkylation sites (tertiary alicyclic amines) is 1. The average Bonchev–Trinajstić information content (AvgIpc) is 2.46. The number of amides is 1. The van der Waals surface area contributed by atoms with Crippen molar-refractivity contribution in [2.24, 2.45) is 29.1 Å². The molecule has 0 aromatic carbocycles. The van der Waals surface area contributed by atoms with E-state index in [0.29, 0.717) is 23.2 Å². The van der Waals surface area contributed by atoms with Gasteiger partial charge in [-0.25, -0.2) is 0 Å². The van der Waals surface area contributed by atoms with Crippen LogP contribution in [-0.2, 0) is 4.79 Å². The van der Waals surface area contributed by atoms with Crippen LogP contribution in [-0.4, -0.2) is 10.8 Å². The summed E-state index contributed by atoms with van der Waals surface area (Å²) in [6, 6.07) is 0. The minimum absolute atomic E-state index is 0. The quantitative estimate of drug-likeness (QED) is 0.278. The molecule has 1 saturated heterocycles. The maximum absolute atomic E-state index is 12.6. The summed E-state index contributed by atoms with van der Waals surface area (Å²) in [5.74, 6) is 2.81. The number of hydrogen-bond acceptors (Lipinski definition) is 1. The molecule has 0 bridgehead atoms. The summed E-state index contributed by atoms with van der Waals surface area (Å²) in [4.78, 5) is 14.6. The zero-order valence-corrected chi connectivity index (χ0v) is 38.2. The Morgan fingerprint density at radius 1 is 0.920 bits per heavy atom. The molecule has 1 aliphatic heterocycles. The Labute approximate surface area is 352 Å². The molecule has 0 aromatic rings. The first kappa shape index (κ1) is 36.3. The summed E-state index contributed by atoms with van der Waals surface area (Å²) >= 11 is 0. The van der Waals surface area contributed by atoms with Gasteiger partial charge in [-0.3, -0.25) is 17.9 Å². The largest absolute Gasteiger partial charge is 1.00 e. The Bertz CT molecular complexity index is 355. The molecule has 0 spiro atoms. The Hall–Kier alpha value is 6.69. The van der Waals surface area contributed by atoms with Crippen molar-refractivity contribution in [1.82, 2.24) is 4.90 Å². The molecule has 0 aromatic heterocycles. The van der Waals surface area contributed by atoms with Crippen molar-refractivity contribution < 1.29 is 238 Å². The fraction of sp³-hybridized carbons (Fsp3) is 0.842. The number of rotatable bonds is 2. The van der Waals surface area contributed by atoms with E-state index in [9.17, 15) is 4.79 Å². The molecule has 0 radical (unpaired) electrons. The van der Waals surface area contributed by atoms with E-state index in [1.165, 1.54) is 12.8 Å². The van der Waals surface area contributed by atoms with Crippen LogP contribution < -0.4 is 233 Å². The van der Waals surface area contributed by atoms with Gasteiger partial charge in [0.1, 0.15) is 0 Å². The van der Waals surface area contributed by atoms with Crippen molar-refractivity contribution in [3.63, 3.8) is 0 Å². The van der Waals surface area contributed by atoms with E-state index in [4.69, 9.17) is 0 Å². The monoisotopic (exact) mass is 631 g/mol. The Kier molecular flexibility index (Phi) is 26.2. The molecular weight excluding hydrogens is 600 g/mol. The first-order valence-electron chi connectivity index (χ1n) is 8.78. The third-order valence-electron chi connectivity index (χ3n) is 5.71. The maximum Gasteiger partial charge on any atom is 1.00 e. The predicted molar refractivity (Wildman–Crippen MR) is 87.9 cm³/mol. The van der Waals surface area contributed by atoms with Gasteiger partial charge >= 0.3 is 233 Å². The summed E-state index contributed by atoms with van der Waals surface area (Å²) < 4.78 is 0. The zero-order chi connectivity index (χ0) is 15.6. The first-order valence-corrected chi connectivity index (χ1v) is 8.78. The normalized spacial score (nSPS) is 24.3. The van der Waals surface area contributed by atoms with Crippen molar-refractivity contribution in [3.8, 4) is 0 Å². The van der Waals surface area contributed by atoms with E-state index < -0.39 is 0 Å². The van der Waals surface area contributed by atoms with Crippen molar-refractivity contribution in [2.75, 3.05) is 0 Å². The van der Waals surface area contributed by atoms with E-state index in [2.05, 4.69) is 47.7 Å². The molecule has 2 rings (SSSR count). The van der Waals surface area contributed by atoms with Gasteiger partial charge in [-0.2, -0.15) is 12.8 Å². The van der Waals surface area contributed by atoms with Crippen LogP contribution in [0.15, 0.2) is 0 Å². The number of carbonyl (C=O) groups is 1. The van der Waals surface area contributed by atoms with Gasteiger partial charge in [0.25, 0.3) is 0 Å². The van der Waals surface area contributed by atoms with Crippen molar-refractivity contribution in [3.05, 3.63) is 13.1 Å². The van der Waals surface area contributed by atoms with Crippen LogP contribution in [0.3, 0.4) is 0 Å². The molecule has 1 aliphatic carbocycles. The van der Waals surface area contributed by atoms with Crippen LogP contribution in [0, 0.1) is 42.2 Å². The third-order valence-corrected chi connectivity index (χ3v) is 5.71. The second-order valence-corrected chi connectivity index (χ2v) is 8.50. The molecule has 122 valence electrons. The number of piperidine rings is 1. The van der Waals surface area contributed by atoms with E-state index in [0.717, 1.165) is 31.6 Å². The van der Waals surface area contributed by atoms with Gasteiger partial charge in [-0.15, -0.1) is 0 Å². The van der Waals surface area contributed by atoms with Gasteiger partial charge in [-0.05, 0) is 42.9 Å². The zero-order valence-electron chi connectivity index (χ0n) is 18.6. The van der Waals surface area contributed by atoms with Crippen molar-refractivity contribution in [1.29, 1.82) is 0 Å². The van der Waals surface area contributed by atoms with Crippen molar-refractivity contribution in [2.45, 2.75) is 73.1 Å². The summed E-state index contributed by atoms with van der Waals surface area (Å²) in [6.07, 6.45) is 6.68. The second kappa shape index (κ2) is 18.1. The molecule has 0 N–H and O–H groups in total. The minimum Gasteiger partial charge on any atom is -0.636 e. The Morgan fingerprint density at radius 2 is 1.36 bits per heavy atom. The van der Waals surface area contributed by atoms with E-state index in [-0.39, 0.29) is 239 Å². The summed E-state index contributed by atoms with van der Waals surface area (Å²) in [6.45, 7) is 15.8. The third kappa shape index (κ3) is 12.6. The first-order chi connectivity index (χ1) is 9.79. The molecule has 2 aliphatic rings. The molecule has 1 amide bonds. The summed E-state index contributed by atoms with van der Waals surface area (Å²) in [5, 5.41) is 0. The molecule has 0 atom stereocenters.